The van der Waals surface area contributed by atoms with Crippen molar-refractivity contribution in [3.05, 3.63) is 65.1 Å². The second-order valence-electron chi connectivity index (χ2n) is 22.7. The van der Waals surface area contributed by atoms with Gasteiger partial charge >= 0.3 is 18.0 Å². The summed E-state index contributed by atoms with van der Waals surface area (Å²) in [5.74, 6) is -3.14. The Kier molecular flexibility index (Phi) is 14.0. The van der Waals surface area contributed by atoms with Crippen molar-refractivity contribution >= 4 is 69.8 Å². The number of hydrogen-bond donors (Lipinski definition) is 5. The smallest absolute Gasteiger partial charge is 0.410 e. The molecule has 6 aliphatic carbocycles. The molecule has 4 unspecified atom stereocenters. The Labute approximate surface area is 448 Å². The van der Waals surface area contributed by atoms with Gasteiger partial charge in [0, 0.05) is 124 Å². The van der Waals surface area contributed by atoms with Crippen molar-refractivity contribution in [2.45, 2.75) is 143 Å². The average molecular weight is 1090 g/mol. The Morgan fingerprint density at radius 1 is 0.908 bits per heavy atom. The Balaban J connectivity index is 0.593. The van der Waals surface area contributed by atoms with Gasteiger partial charge in [-0.15, -0.1) is 23.5 Å². The maximum absolute atomic E-state index is 15.7. The molecule has 13 rings (SSSR count). The second-order valence-corrected chi connectivity index (χ2v) is 24.9. The summed E-state index contributed by atoms with van der Waals surface area (Å²) in [7, 11) is 0. The van der Waals surface area contributed by atoms with Gasteiger partial charge in [-0.3, -0.25) is 24.3 Å². The van der Waals surface area contributed by atoms with E-state index in [1.165, 1.54) is 6.07 Å². The van der Waals surface area contributed by atoms with Crippen LogP contribution in [0.15, 0.2) is 53.2 Å². The molecular formula is C54H66FN7O12S2. The highest BCUT2D eigenvalue weighted by atomic mass is 32.2. The van der Waals surface area contributed by atoms with E-state index in [-0.39, 0.29) is 71.7 Å². The molecule has 2 aromatic rings. The van der Waals surface area contributed by atoms with E-state index in [9.17, 15) is 39.3 Å². The normalized spacial score (nSPS) is 33.6. The van der Waals surface area contributed by atoms with Gasteiger partial charge in [0.1, 0.15) is 28.8 Å². The number of aromatic hydroxyl groups is 1. The highest BCUT2D eigenvalue weighted by molar-refractivity contribution is 8.14. The number of phenolic OH excluding ortho intramolecular Hbond substituents is 1. The monoisotopic (exact) mass is 1090 g/mol. The number of amides is 3. The molecule has 2 aromatic carbocycles. The molecule has 0 radical (unpaired) electrons. The fourth-order valence-electron chi connectivity index (χ4n) is 14.0. The van der Waals surface area contributed by atoms with Crippen LogP contribution in [-0.4, -0.2) is 158 Å². The lowest BCUT2D eigenvalue weighted by atomic mass is 9.50. The number of hydrogen-bond acceptors (Lipinski definition) is 16. The number of ether oxygens (including phenoxy) is 2. The number of phenols is 1. The zero-order valence-corrected chi connectivity index (χ0v) is 44.0. The number of carboxylic acids is 2. The Morgan fingerprint density at radius 2 is 1.68 bits per heavy atom. The SMILES string of the molecule is O=C(CCC(=O)NC12CC3CC(C1)C1(OO[C@@]4(CCCC(OC(=O)N5CCN(c6cc7c(cc6F)CC(C(=O)O)=CN7C6CC6)CC5)C4)O1)C(C3)C2)NCCCN1C([C@H]2CSC(c3ccccc3O)=N2)SC[C@H]1C(=O)O. The number of nitrogens with zero attached hydrogens (tertiary/aromatic N) is 5. The van der Waals surface area contributed by atoms with Crippen molar-refractivity contribution in [1.82, 2.24) is 20.4 Å². The minimum atomic E-state index is -1.07. The minimum absolute atomic E-state index is 0.0239. The number of fused-ring (bicyclic) bond motifs is 1. The Bertz CT molecular complexity index is 2710. The molecule has 5 aliphatic heterocycles. The number of nitrogens with one attached hydrogen (secondary N) is 2. The van der Waals surface area contributed by atoms with Crippen LogP contribution in [0.25, 0.3) is 0 Å². The third kappa shape index (κ3) is 10.0. The largest absolute Gasteiger partial charge is 0.507 e. The number of carbonyl (C=O) groups excluding carboxylic acids is 3. The van der Waals surface area contributed by atoms with E-state index in [0.29, 0.717) is 118 Å². The maximum atomic E-state index is 15.7. The zero-order valence-electron chi connectivity index (χ0n) is 42.4. The summed E-state index contributed by atoms with van der Waals surface area (Å²) >= 11 is 3.14. The molecule has 11 aliphatic rings. The number of rotatable bonds is 15. The van der Waals surface area contributed by atoms with Gasteiger partial charge in [-0.05, 0) is 100.0 Å². The van der Waals surface area contributed by atoms with Crippen molar-refractivity contribution in [2.75, 3.05) is 60.6 Å². The number of carboxylic acid groups (broad SMARTS) is 2. The number of aliphatic carboxylic acids is 2. The van der Waals surface area contributed by atoms with Crippen LogP contribution in [0.3, 0.4) is 0 Å². The van der Waals surface area contributed by atoms with Gasteiger partial charge in [-0.2, -0.15) is 9.78 Å². The highest BCUT2D eigenvalue weighted by Gasteiger charge is 2.70. The van der Waals surface area contributed by atoms with E-state index < -0.39 is 53.1 Å². The lowest BCUT2D eigenvalue weighted by Gasteiger charge is -2.62. The molecule has 76 heavy (non-hydrogen) atoms. The summed E-state index contributed by atoms with van der Waals surface area (Å²) < 4.78 is 28.8. The first-order valence-electron chi connectivity index (χ1n) is 27.1. The van der Waals surface area contributed by atoms with Gasteiger partial charge in [-0.1, -0.05) is 12.1 Å². The van der Waals surface area contributed by atoms with Crippen molar-refractivity contribution in [3.8, 4) is 5.75 Å². The minimum Gasteiger partial charge on any atom is -0.507 e. The van der Waals surface area contributed by atoms with Crippen LogP contribution in [0.2, 0.25) is 0 Å². The number of anilines is 2. The number of aliphatic imine (C=N–C) groups is 1. The predicted molar refractivity (Wildman–Crippen MR) is 279 cm³/mol. The van der Waals surface area contributed by atoms with Crippen LogP contribution in [0, 0.1) is 23.6 Å². The van der Waals surface area contributed by atoms with E-state index in [1.54, 1.807) is 46.8 Å². The van der Waals surface area contributed by atoms with Crippen molar-refractivity contribution in [3.63, 3.8) is 0 Å². The molecule has 2 spiro atoms. The number of benzene rings is 2. The first-order chi connectivity index (χ1) is 36.7. The van der Waals surface area contributed by atoms with Crippen molar-refractivity contribution in [1.29, 1.82) is 0 Å². The van der Waals surface area contributed by atoms with Gasteiger partial charge in [0.05, 0.1) is 22.7 Å². The number of thioether (sulfide) groups is 2. The molecule has 5 N–H and O–H groups in total. The van der Waals surface area contributed by atoms with Gasteiger partial charge in [0.25, 0.3) is 0 Å². The fourth-order valence-corrected chi connectivity index (χ4v) is 16.8. The molecule has 6 saturated carbocycles. The first-order valence-corrected chi connectivity index (χ1v) is 29.2. The summed E-state index contributed by atoms with van der Waals surface area (Å²) in [6.45, 7) is 2.30. The van der Waals surface area contributed by atoms with Crippen LogP contribution >= 0.6 is 23.5 Å². The molecule has 0 aromatic heterocycles. The van der Waals surface area contributed by atoms with E-state index in [1.807, 2.05) is 32.9 Å². The molecular weight excluding hydrogens is 1020 g/mol. The molecule has 5 heterocycles. The van der Waals surface area contributed by atoms with Gasteiger partial charge in [0.15, 0.2) is 0 Å². The van der Waals surface area contributed by atoms with Crippen molar-refractivity contribution in [2.24, 2.45) is 22.7 Å². The number of piperazine rings is 1. The molecule has 3 amide bonds. The fraction of sp³-hybridized carbons (Fsp3) is 0.630. The second kappa shape index (κ2) is 20.6. The van der Waals surface area contributed by atoms with Crippen LogP contribution in [0.1, 0.15) is 101 Å². The van der Waals surface area contributed by atoms with Crippen LogP contribution in [0.4, 0.5) is 20.6 Å². The van der Waals surface area contributed by atoms with Crippen LogP contribution < -0.4 is 20.4 Å². The summed E-state index contributed by atoms with van der Waals surface area (Å²) in [4.78, 5) is 89.3. The summed E-state index contributed by atoms with van der Waals surface area (Å²) in [5, 5.41) is 37.0. The number of para-hydroxylation sites is 1. The van der Waals surface area contributed by atoms with Crippen LogP contribution in [-0.2, 0) is 44.8 Å². The van der Waals surface area contributed by atoms with Gasteiger partial charge in [0.2, 0.25) is 23.4 Å². The van der Waals surface area contributed by atoms with E-state index in [2.05, 4.69) is 10.6 Å². The number of halogens is 1. The summed E-state index contributed by atoms with van der Waals surface area (Å²) in [5.41, 5.74) is 2.42. The van der Waals surface area contributed by atoms with Gasteiger partial charge in [-0.25, -0.2) is 14.0 Å². The quantitative estimate of drug-likeness (QED) is 0.102. The molecule has 4 bridgehead atoms. The average Bonchev–Trinajstić information content (AvgIpc) is 3.88. The summed E-state index contributed by atoms with van der Waals surface area (Å²) in [6.07, 6.45) is 9.67. The lowest BCUT2D eigenvalue weighted by molar-refractivity contribution is -0.392. The molecule has 22 heteroatoms. The third-order valence-corrected chi connectivity index (χ3v) is 20.1. The molecule has 19 nitrogen and oxygen atoms in total. The van der Waals surface area contributed by atoms with Crippen LogP contribution in [0.5, 0.6) is 5.75 Å². The highest BCUT2D eigenvalue weighted by Crippen LogP contribution is 2.65. The van der Waals surface area contributed by atoms with Gasteiger partial charge < -0.3 is 50.1 Å². The van der Waals surface area contributed by atoms with E-state index in [0.717, 1.165) is 42.8 Å². The summed E-state index contributed by atoms with van der Waals surface area (Å²) in [6, 6.07) is 9.76. The Hall–Kier alpha value is -5.13. The Morgan fingerprint density at radius 3 is 2.43 bits per heavy atom. The molecule has 7 atom stereocenters. The van der Waals surface area contributed by atoms with E-state index >= 15 is 4.39 Å². The maximum Gasteiger partial charge on any atom is 0.410 e. The lowest BCUT2D eigenvalue weighted by Crippen LogP contribution is -2.69. The predicted octanol–water partition coefficient (Wildman–Crippen LogP) is 5.97. The molecule has 408 valence electrons. The zero-order chi connectivity index (χ0) is 52.5. The third-order valence-electron chi connectivity index (χ3n) is 17.6. The first kappa shape index (κ1) is 51.6. The van der Waals surface area contributed by atoms with E-state index in [4.69, 9.17) is 24.2 Å². The number of carbonyl (C=O) groups is 5. The molecule has 3 saturated heterocycles. The topological polar surface area (TPSA) is 232 Å². The van der Waals surface area contributed by atoms with Crippen molar-refractivity contribution < 1.29 is 62.9 Å². The standard InChI is InChI=1S/C54H66FN7O12S2/c55-39-22-32-21-33(49(66)67)28-62(36-8-9-36)41(32)23-42(39)59-15-17-60(18-16-59)51(70)71-37-5-3-12-53(27-37)72-54(74-73-53)34-19-31-20-35(54)26-52(24-31,25-34)58-46(65)11-10-45(64)56-13-4-14-61-43(50(68)69)30-76-48(61)40-29-75-47(57-40)38-6-1-2-7-44(38)63/h1-2,6-7,22-23,28,31,34-37,40,43,48,63H,3-5,8-21,24-27,29-30H2,(H,56,64)(H,58,65)(H,66,67)(H,68,69)/t31?,34?,35?,37?,40-,43+,48?,52?,53-,54?/m1/s1. The molecule has 9 fully saturated rings.